The highest BCUT2D eigenvalue weighted by Crippen LogP contribution is 2.24. The molecule has 2 heterocycles. The third-order valence-electron chi connectivity index (χ3n) is 4.13. The zero-order valence-corrected chi connectivity index (χ0v) is 17.7. The quantitative estimate of drug-likeness (QED) is 0.484. The third kappa shape index (κ3) is 4.42. The second kappa shape index (κ2) is 8.57. The van der Waals surface area contributed by atoms with Crippen LogP contribution < -0.4 is 10.7 Å². The maximum Gasteiger partial charge on any atom is 0.293 e. The lowest BCUT2D eigenvalue weighted by molar-refractivity contribution is 0.0951. The number of nitrogens with one attached hydrogen (secondary N) is 2. The van der Waals surface area contributed by atoms with Crippen LogP contribution in [0.2, 0.25) is 0 Å². The van der Waals surface area contributed by atoms with Crippen molar-refractivity contribution in [3.63, 3.8) is 0 Å². The van der Waals surface area contributed by atoms with Gasteiger partial charge < -0.3 is 4.42 Å². The van der Waals surface area contributed by atoms with Crippen molar-refractivity contribution in [3.05, 3.63) is 53.0 Å². The van der Waals surface area contributed by atoms with Gasteiger partial charge in [0.15, 0.2) is 10.9 Å². The van der Waals surface area contributed by atoms with Crippen molar-refractivity contribution in [3.8, 4) is 11.3 Å². The van der Waals surface area contributed by atoms with Crippen molar-refractivity contribution in [1.82, 2.24) is 20.2 Å². The fourth-order valence-corrected chi connectivity index (χ4v) is 3.35. The van der Waals surface area contributed by atoms with E-state index in [1.807, 2.05) is 32.0 Å². The first-order chi connectivity index (χ1) is 13.4. The van der Waals surface area contributed by atoms with E-state index in [1.54, 1.807) is 23.7 Å². The number of carbonyl (C=O) groups excluding carboxylic acids is 1. The van der Waals surface area contributed by atoms with E-state index in [2.05, 4.69) is 27.9 Å². The van der Waals surface area contributed by atoms with Crippen LogP contribution in [0, 0.1) is 20.8 Å². The second-order valence-electron chi connectivity index (χ2n) is 6.16. The minimum Gasteiger partial charge on any atom is -0.451 e. The van der Waals surface area contributed by atoms with E-state index in [1.165, 1.54) is 17.3 Å². The summed E-state index contributed by atoms with van der Waals surface area (Å²) in [6.07, 6.45) is 0. The van der Waals surface area contributed by atoms with E-state index in [9.17, 15) is 4.79 Å². The highest BCUT2D eigenvalue weighted by Gasteiger charge is 2.16. The first-order valence-corrected chi connectivity index (χ1v) is 10.1. The molecule has 0 saturated carbocycles. The number of aryl methyl sites for hydroxylation is 3. The number of amides is 1. The molecule has 2 N–H and O–H groups in total. The van der Waals surface area contributed by atoms with Crippen molar-refractivity contribution < 1.29 is 9.21 Å². The first kappa shape index (κ1) is 20.1. The number of hydrogen-bond acceptors (Lipinski definition) is 6. The molecule has 0 spiro atoms. The number of hydrogen-bond donors (Lipinski definition) is 2. The molecule has 0 bridgehead atoms. The zero-order valence-electron chi connectivity index (χ0n) is 16.1. The van der Waals surface area contributed by atoms with Gasteiger partial charge in [-0.15, -0.1) is 10.2 Å². The molecule has 3 rings (SSSR count). The molecule has 0 radical (unpaired) electrons. The molecular formula is C19H21N5O2S2. The molecule has 0 aliphatic rings. The van der Waals surface area contributed by atoms with Gasteiger partial charge in [-0.3, -0.25) is 15.5 Å². The lowest BCUT2D eigenvalue weighted by Gasteiger charge is -2.12. The van der Waals surface area contributed by atoms with Crippen molar-refractivity contribution in [1.29, 1.82) is 0 Å². The normalized spacial score (nSPS) is 10.7. The Morgan fingerprint density at radius 1 is 1.18 bits per heavy atom. The zero-order chi connectivity index (χ0) is 20.3. The molecule has 2 aromatic heterocycles. The van der Waals surface area contributed by atoms with E-state index >= 15 is 0 Å². The largest absolute Gasteiger partial charge is 0.451 e. The lowest BCUT2D eigenvalue weighted by atomic mass is 10.1. The van der Waals surface area contributed by atoms with Crippen LogP contribution >= 0.6 is 24.0 Å². The fraction of sp³-hybridized carbons (Fsp3) is 0.263. The summed E-state index contributed by atoms with van der Waals surface area (Å²) in [5.41, 5.74) is 6.21. The SMILES string of the molecule is CCSc1nnc(C)n1NC(=S)NC(=O)c1ccc(-c2ccc(C)c(C)c2)o1. The van der Waals surface area contributed by atoms with Crippen LogP contribution in [0.25, 0.3) is 11.3 Å². The van der Waals surface area contributed by atoms with Gasteiger partial charge in [-0.1, -0.05) is 30.8 Å². The molecule has 0 unspecified atom stereocenters. The number of carbonyl (C=O) groups is 1. The summed E-state index contributed by atoms with van der Waals surface area (Å²) in [4.78, 5) is 12.5. The van der Waals surface area contributed by atoms with Gasteiger partial charge in [0.05, 0.1) is 0 Å². The van der Waals surface area contributed by atoms with Gasteiger partial charge in [0.25, 0.3) is 5.91 Å². The summed E-state index contributed by atoms with van der Waals surface area (Å²) in [6, 6.07) is 9.43. The highest BCUT2D eigenvalue weighted by molar-refractivity contribution is 7.99. The number of thiocarbonyl (C=S) groups is 1. The minimum atomic E-state index is -0.428. The Labute approximate surface area is 172 Å². The predicted octanol–water partition coefficient (Wildman–Crippen LogP) is 3.83. The van der Waals surface area contributed by atoms with E-state index < -0.39 is 5.91 Å². The number of aromatic nitrogens is 3. The van der Waals surface area contributed by atoms with Crippen molar-refractivity contribution >= 4 is 35.0 Å². The summed E-state index contributed by atoms with van der Waals surface area (Å²) in [5, 5.41) is 11.5. The predicted molar refractivity (Wildman–Crippen MR) is 114 cm³/mol. The minimum absolute atomic E-state index is 0.134. The molecule has 9 heteroatoms. The van der Waals surface area contributed by atoms with E-state index in [0.29, 0.717) is 16.7 Å². The molecule has 1 amide bonds. The van der Waals surface area contributed by atoms with Crippen LogP contribution in [0.5, 0.6) is 0 Å². The van der Waals surface area contributed by atoms with Crippen molar-refractivity contribution in [2.75, 3.05) is 11.2 Å². The molecule has 1 aromatic carbocycles. The molecule has 28 heavy (non-hydrogen) atoms. The Hall–Kier alpha value is -2.65. The van der Waals surface area contributed by atoms with E-state index in [-0.39, 0.29) is 10.9 Å². The average molecular weight is 416 g/mol. The lowest BCUT2D eigenvalue weighted by Crippen LogP contribution is -2.38. The molecule has 0 saturated heterocycles. The Kier molecular flexibility index (Phi) is 6.15. The summed E-state index contributed by atoms with van der Waals surface area (Å²) in [7, 11) is 0. The van der Waals surface area contributed by atoms with Crippen LogP contribution in [0.1, 0.15) is 34.4 Å². The van der Waals surface area contributed by atoms with Gasteiger partial charge in [-0.05, 0) is 68.1 Å². The van der Waals surface area contributed by atoms with Gasteiger partial charge in [0, 0.05) is 5.56 Å². The molecule has 7 nitrogen and oxygen atoms in total. The number of benzene rings is 1. The molecule has 0 aliphatic heterocycles. The van der Waals surface area contributed by atoms with Gasteiger partial charge >= 0.3 is 0 Å². The second-order valence-corrected chi connectivity index (χ2v) is 7.80. The van der Waals surface area contributed by atoms with Gasteiger partial charge in [-0.25, -0.2) is 4.68 Å². The number of thioether (sulfide) groups is 1. The Morgan fingerprint density at radius 3 is 2.68 bits per heavy atom. The molecule has 0 fully saturated rings. The van der Waals surface area contributed by atoms with Gasteiger partial charge in [0.1, 0.15) is 11.6 Å². The molecule has 0 atom stereocenters. The molecular weight excluding hydrogens is 394 g/mol. The molecule has 3 aromatic rings. The van der Waals surface area contributed by atoms with Crippen molar-refractivity contribution in [2.45, 2.75) is 32.9 Å². The Bertz CT molecular complexity index is 1030. The molecule has 0 aliphatic carbocycles. The van der Waals surface area contributed by atoms with Crippen LogP contribution in [0.3, 0.4) is 0 Å². The first-order valence-electron chi connectivity index (χ1n) is 8.73. The van der Waals surface area contributed by atoms with E-state index in [4.69, 9.17) is 16.6 Å². The van der Waals surface area contributed by atoms with Gasteiger partial charge in [0.2, 0.25) is 5.16 Å². The monoisotopic (exact) mass is 415 g/mol. The van der Waals surface area contributed by atoms with Crippen LogP contribution in [-0.2, 0) is 0 Å². The highest BCUT2D eigenvalue weighted by atomic mass is 32.2. The van der Waals surface area contributed by atoms with Crippen LogP contribution in [-0.4, -0.2) is 31.6 Å². The standard InChI is InChI=1S/C19H21N5O2S2/c1-5-28-19-22-21-13(4)24(19)23-18(27)20-17(25)16-9-8-15(26-16)14-7-6-11(2)12(3)10-14/h6-10H,5H2,1-4H3,(H2,20,23,25,27). The van der Waals surface area contributed by atoms with E-state index in [0.717, 1.165) is 16.9 Å². The number of furan rings is 1. The number of nitrogens with zero attached hydrogens (tertiary/aromatic N) is 3. The third-order valence-corrected chi connectivity index (χ3v) is 5.13. The van der Waals surface area contributed by atoms with Crippen molar-refractivity contribution in [2.24, 2.45) is 0 Å². The van der Waals surface area contributed by atoms with Crippen LogP contribution in [0.15, 0.2) is 39.9 Å². The Balaban J connectivity index is 1.68. The summed E-state index contributed by atoms with van der Waals surface area (Å²) < 4.78 is 7.35. The summed E-state index contributed by atoms with van der Waals surface area (Å²) in [6.45, 7) is 7.91. The summed E-state index contributed by atoms with van der Waals surface area (Å²) >= 11 is 6.76. The summed E-state index contributed by atoms with van der Waals surface area (Å²) in [5.74, 6) is 1.86. The average Bonchev–Trinajstić information content (AvgIpc) is 3.27. The van der Waals surface area contributed by atoms with Gasteiger partial charge in [-0.2, -0.15) is 0 Å². The smallest absolute Gasteiger partial charge is 0.293 e. The molecule has 146 valence electrons. The topological polar surface area (TPSA) is 85.0 Å². The number of rotatable bonds is 5. The Morgan fingerprint density at radius 2 is 1.96 bits per heavy atom. The maximum atomic E-state index is 12.5. The van der Waals surface area contributed by atoms with Crippen LogP contribution in [0.4, 0.5) is 0 Å². The maximum absolute atomic E-state index is 12.5. The fourth-order valence-electron chi connectivity index (χ4n) is 2.50.